The predicted octanol–water partition coefficient (Wildman–Crippen LogP) is 3.12. The highest BCUT2D eigenvalue weighted by molar-refractivity contribution is 9.09. The lowest BCUT2D eigenvalue weighted by atomic mass is 9.83. The fourth-order valence-corrected chi connectivity index (χ4v) is 3.26. The Kier molecular flexibility index (Phi) is 4.10. The van der Waals surface area contributed by atoms with Crippen molar-refractivity contribution in [2.24, 2.45) is 0 Å². The monoisotopic (exact) mass is 314 g/mol. The maximum atomic E-state index is 12.2. The predicted molar refractivity (Wildman–Crippen MR) is 73.1 cm³/mol. The van der Waals surface area contributed by atoms with Gasteiger partial charge < -0.3 is 9.73 Å². The Morgan fingerprint density at radius 3 is 2.56 bits per heavy atom. The van der Waals surface area contributed by atoms with Gasteiger partial charge >= 0.3 is 0 Å². The quantitative estimate of drug-likeness (QED) is 0.872. The van der Waals surface area contributed by atoms with Gasteiger partial charge in [-0.15, -0.1) is 0 Å². The number of rotatable bonds is 3. The molecule has 1 aliphatic carbocycles. The molecule has 1 amide bonds. The summed E-state index contributed by atoms with van der Waals surface area (Å²) < 4.78 is 5.37. The van der Waals surface area contributed by atoms with Crippen molar-refractivity contribution in [3.63, 3.8) is 0 Å². The van der Waals surface area contributed by atoms with E-state index in [9.17, 15) is 4.79 Å². The van der Waals surface area contributed by atoms with Crippen LogP contribution < -0.4 is 5.32 Å². The molecule has 1 aromatic rings. The van der Waals surface area contributed by atoms with Gasteiger partial charge in [0.2, 0.25) is 5.76 Å². The molecule has 0 spiro atoms. The Labute approximate surface area is 116 Å². The molecule has 0 radical (unpaired) electrons. The minimum Gasteiger partial charge on any atom is -0.436 e. The number of aryl methyl sites for hydroxylation is 2. The van der Waals surface area contributed by atoms with Gasteiger partial charge in [0.25, 0.3) is 5.91 Å². The number of nitrogens with one attached hydrogen (secondary N) is 1. The molecule has 0 bridgehead atoms. The Hall–Kier alpha value is -0.840. The van der Waals surface area contributed by atoms with E-state index in [4.69, 9.17) is 4.42 Å². The fraction of sp³-hybridized carbons (Fsp3) is 0.692. The SMILES string of the molecule is Cc1nc(C)c(C(=O)NC2(CBr)CCCCC2)o1. The second-order valence-corrected chi connectivity index (χ2v) is 5.64. The van der Waals surface area contributed by atoms with Crippen molar-refractivity contribution in [3.05, 3.63) is 17.3 Å². The van der Waals surface area contributed by atoms with Crippen LogP contribution in [0.3, 0.4) is 0 Å². The number of carbonyl (C=O) groups is 1. The molecule has 0 aromatic carbocycles. The van der Waals surface area contributed by atoms with Crippen LogP contribution in [0.15, 0.2) is 4.42 Å². The zero-order valence-corrected chi connectivity index (χ0v) is 12.5. The number of nitrogens with zero attached hydrogens (tertiary/aromatic N) is 1. The van der Waals surface area contributed by atoms with Gasteiger partial charge in [0.1, 0.15) is 0 Å². The van der Waals surface area contributed by atoms with Gasteiger partial charge in [0.05, 0.1) is 11.2 Å². The molecule has 1 N–H and O–H groups in total. The van der Waals surface area contributed by atoms with Crippen molar-refractivity contribution in [1.29, 1.82) is 0 Å². The molecule has 2 rings (SSSR count). The molecule has 4 nitrogen and oxygen atoms in total. The Bertz CT molecular complexity index is 436. The molecule has 1 aliphatic rings. The van der Waals surface area contributed by atoms with Crippen LogP contribution in [0.5, 0.6) is 0 Å². The van der Waals surface area contributed by atoms with Crippen LogP contribution in [0.2, 0.25) is 0 Å². The van der Waals surface area contributed by atoms with Gasteiger partial charge in [-0.2, -0.15) is 0 Å². The minimum atomic E-state index is -0.144. The zero-order valence-electron chi connectivity index (χ0n) is 10.9. The number of alkyl halides is 1. The highest BCUT2D eigenvalue weighted by Crippen LogP contribution is 2.30. The summed E-state index contributed by atoms with van der Waals surface area (Å²) in [6, 6.07) is 0. The van der Waals surface area contributed by atoms with E-state index >= 15 is 0 Å². The molecule has 0 atom stereocenters. The molecule has 18 heavy (non-hydrogen) atoms. The first kappa shape index (κ1) is 13.6. The molecule has 5 heteroatoms. The fourth-order valence-electron chi connectivity index (χ4n) is 2.56. The summed E-state index contributed by atoms with van der Waals surface area (Å²) in [5.74, 6) is 0.738. The average Bonchev–Trinajstić information content (AvgIpc) is 2.70. The van der Waals surface area contributed by atoms with Crippen LogP contribution in [-0.2, 0) is 0 Å². The van der Waals surface area contributed by atoms with Gasteiger partial charge in [-0.3, -0.25) is 4.79 Å². The molecular formula is C13H19BrN2O2. The molecule has 1 fully saturated rings. The average molecular weight is 315 g/mol. The van der Waals surface area contributed by atoms with Crippen molar-refractivity contribution >= 4 is 21.8 Å². The van der Waals surface area contributed by atoms with E-state index in [2.05, 4.69) is 26.2 Å². The van der Waals surface area contributed by atoms with Crippen LogP contribution >= 0.6 is 15.9 Å². The van der Waals surface area contributed by atoms with E-state index in [1.54, 1.807) is 13.8 Å². The van der Waals surface area contributed by atoms with Crippen molar-refractivity contribution in [2.45, 2.75) is 51.5 Å². The van der Waals surface area contributed by atoms with Crippen molar-refractivity contribution in [3.8, 4) is 0 Å². The van der Waals surface area contributed by atoms with Gasteiger partial charge in [-0.25, -0.2) is 4.98 Å². The summed E-state index contributed by atoms with van der Waals surface area (Å²) in [5.41, 5.74) is 0.535. The van der Waals surface area contributed by atoms with Crippen molar-refractivity contribution in [2.75, 3.05) is 5.33 Å². The van der Waals surface area contributed by atoms with E-state index in [-0.39, 0.29) is 11.4 Å². The van der Waals surface area contributed by atoms with Crippen LogP contribution in [-0.4, -0.2) is 21.8 Å². The normalized spacial score (nSPS) is 18.6. The van der Waals surface area contributed by atoms with E-state index in [1.165, 1.54) is 19.3 Å². The van der Waals surface area contributed by atoms with Crippen LogP contribution in [0.4, 0.5) is 0 Å². The number of oxazole rings is 1. The molecule has 0 saturated heterocycles. The molecule has 0 unspecified atom stereocenters. The lowest BCUT2D eigenvalue weighted by Gasteiger charge is -2.36. The van der Waals surface area contributed by atoms with E-state index < -0.39 is 0 Å². The summed E-state index contributed by atoms with van der Waals surface area (Å²) in [6.07, 6.45) is 5.64. The smallest absolute Gasteiger partial charge is 0.289 e. The molecule has 100 valence electrons. The van der Waals surface area contributed by atoms with Crippen molar-refractivity contribution in [1.82, 2.24) is 10.3 Å². The summed E-state index contributed by atoms with van der Waals surface area (Å²) in [5, 5.41) is 3.92. The maximum absolute atomic E-state index is 12.2. The lowest BCUT2D eigenvalue weighted by molar-refractivity contribution is 0.0855. The number of halogens is 1. The number of carbonyl (C=O) groups excluding carboxylic acids is 1. The highest BCUT2D eigenvalue weighted by Gasteiger charge is 2.34. The molecule has 1 heterocycles. The maximum Gasteiger partial charge on any atom is 0.289 e. The standard InChI is InChI=1S/C13H19BrN2O2/c1-9-11(18-10(2)15-9)12(17)16-13(8-14)6-4-3-5-7-13/h3-8H2,1-2H3,(H,16,17). The largest absolute Gasteiger partial charge is 0.436 e. The van der Waals surface area contributed by atoms with Gasteiger partial charge in [-0.05, 0) is 19.8 Å². The lowest BCUT2D eigenvalue weighted by Crippen LogP contribution is -2.51. The highest BCUT2D eigenvalue weighted by atomic mass is 79.9. The third kappa shape index (κ3) is 2.76. The second kappa shape index (κ2) is 5.43. The number of aromatic nitrogens is 1. The summed E-state index contributed by atoms with van der Waals surface area (Å²) in [6.45, 7) is 3.55. The van der Waals surface area contributed by atoms with Crippen LogP contribution in [0.1, 0.15) is 54.2 Å². The third-order valence-electron chi connectivity index (χ3n) is 3.55. The number of hydrogen-bond donors (Lipinski definition) is 1. The first-order valence-corrected chi connectivity index (χ1v) is 7.51. The summed E-state index contributed by atoms with van der Waals surface area (Å²) in [7, 11) is 0. The minimum absolute atomic E-state index is 0.123. The van der Waals surface area contributed by atoms with E-state index in [1.807, 2.05) is 0 Å². The van der Waals surface area contributed by atoms with Gasteiger partial charge in [-0.1, -0.05) is 35.2 Å². The number of amides is 1. The Morgan fingerprint density at radius 2 is 2.06 bits per heavy atom. The first-order valence-electron chi connectivity index (χ1n) is 6.39. The second-order valence-electron chi connectivity index (χ2n) is 5.08. The van der Waals surface area contributed by atoms with Gasteiger partial charge in [0, 0.05) is 12.3 Å². The molecule has 0 aliphatic heterocycles. The molecular weight excluding hydrogens is 296 g/mol. The van der Waals surface area contributed by atoms with Crippen LogP contribution in [0.25, 0.3) is 0 Å². The van der Waals surface area contributed by atoms with Crippen molar-refractivity contribution < 1.29 is 9.21 Å². The van der Waals surface area contributed by atoms with E-state index in [0.29, 0.717) is 17.3 Å². The Morgan fingerprint density at radius 1 is 1.39 bits per heavy atom. The van der Waals surface area contributed by atoms with Gasteiger partial charge in [0.15, 0.2) is 5.89 Å². The molecule has 1 saturated carbocycles. The number of hydrogen-bond acceptors (Lipinski definition) is 3. The third-order valence-corrected chi connectivity index (χ3v) is 4.63. The van der Waals surface area contributed by atoms with Crippen LogP contribution in [0, 0.1) is 13.8 Å². The molecule has 1 aromatic heterocycles. The topological polar surface area (TPSA) is 55.1 Å². The summed E-state index contributed by atoms with van der Waals surface area (Å²) in [4.78, 5) is 16.4. The zero-order chi connectivity index (χ0) is 13.2. The Balaban J connectivity index is 2.12. The van der Waals surface area contributed by atoms with E-state index in [0.717, 1.165) is 18.2 Å². The first-order chi connectivity index (χ1) is 8.56. The summed E-state index contributed by atoms with van der Waals surface area (Å²) >= 11 is 3.53.